The molecule has 2 N–H and O–H groups in total. The minimum Gasteiger partial charge on any atom is -0.398 e. The zero-order valence-electron chi connectivity index (χ0n) is 8.64. The summed E-state index contributed by atoms with van der Waals surface area (Å²) in [5.41, 5.74) is 6.20. The molecule has 0 aliphatic heterocycles. The molecule has 84 valence electrons. The van der Waals surface area contributed by atoms with E-state index >= 15 is 0 Å². The van der Waals surface area contributed by atoms with Crippen LogP contribution in [0, 0.1) is 5.82 Å². The van der Waals surface area contributed by atoms with Gasteiger partial charge in [-0.3, -0.25) is 0 Å². The molecule has 0 bridgehead atoms. The van der Waals surface area contributed by atoms with Crippen molar-refractivity contribution in [3.05, 3.63) is 42.7 Å². The standard InChI is InChI=1S/C11H12FN3S/c12-9-1-2-11(10(13)7-9)16-6-5-15-4-3-14-8-15/h1-4,7-8H,5-6,13H2. The lowest BCUT2D eigenvalue weighted by Crippen LogP contribution is -1.98. The number of aromatic nitrogens is 2. The molecule has 0 spiro atoms. The lowest BCUT2D eigenvalue weighted by Gasteiger charge is -2.05. The summed E-state index contributed by atoms with van der Waals surface area (Å²) in [6.45, 7) is 0.863. The van der Waals surface area contributed by atoms with E-state index in [1.54, 1.807) is 30.4 Å². The van der Waals surface area contributed by atoms with Crippen LogP contribution in [0.1, 0.15) is 0 Å². The monoisotopic (exact) mass is 237 g/mol. The molecule has 0 fully saturated rings. The Bertz CT molecular complexity index is 456. The summed E-state index contributed by atoms with van der Waals surface area (Å²) < 4.78 is 14.8. The van der Waals surface area contributed by atoms with E-state index in [1.807, 2.05) is 10.8 Å². The molecule has 2 rings (SSSR count). The maximum atomic E-state index is 12.8. The summed E-state index contributed by atoms with van der Waals surface area (Å²) in [6, 6.07) is 4.48. The van der Waals surface area contributed by atoms with E-state index in [2.05, 4.69) is 4.98 Å². The van der Waals surface area contributed by atoms with Gasteiger partial charge in [0.25, 0.3) is 0 Å². The van der Waals surface area contributed by atoms with Crippen molar-refractivity contribution in [1.82, 2.24) is 9.55 Å². The number of benzene rings is 1. The van der Waals surface area contributed by atoms with Crippen LogP contribution in [-0.4, -0.2) is 15.3 Å². The van der Waals surface area contributed by atoms with Crippen LogP contribution >= 0.6 is 11.8 Å². The van der Waals surface area contributed by atoms with E-state index in [9.17, 15) is 4.39 Å². The predicted octanol–water partition coefficient (Wildman–Crippen LogP) is 2.40. The highest BCUT2D eigenvalue weighted by molar-refractivity contribution is 7.99. The first kappa shape index (κ1) is 11.0. The van der Waals surface area contributed by atoms with Crippen LogP contribution in [0.5, 0.6) is 0 Å². The number of halogens is 1. The number of rotatable bonds is 4. The molecule has 0 aliphatic rings. The largest absolute Gasteiger partial charge is 0.398 e. The number of imidazole rings is 1. The Morgan fingerprint density at radius 3 is 3.00 bits per heavy atom. The first-order valence-corrected chi connectivity index (χ1v) is 5.88. The van der Waals surface area contributed by atoms with Gasteiger partial charge in [0.2, 0.25) is 0 Å². The van der Waals surface area contributed by atoms with E-state index in [4.69, 9.17) is 5.73 Å². The fourth-order valence-electron chi connectivity index (χ4n) is 1.33. The molecule has 0 saturated carbocycles. The Balaban J connectivity index is 1.90. The van der Waals surface area contributed by atoms with Crippen LogP contribution in [0.15, 0.2) is 41.8 Å². The van der Waals surface area contributed by atoms with Crippen LogP contribution in [0.4, 0.5) is 10.1 Å². The number of thioether (sulfide) groups is 1. The van der Waals surface area contributed by atoms with Gasteiger partial charge in [-0.2, -0.15) is 0 Å². The third-order valence-electron chi connectivity index (χ3n) is 2.14. The van der Waals surface area contributed by atoms with Gasteiger partial charge in [-0.05, 0) is 18.2 Å². The number of hydrogen-bond acceptors (Lipinski definition) is 3. The smallest absolute Gasteiger partial charge is 0.125 e. The van der Waals surface area contributed by atoms with Crippen molar-refractivity contribution in [2.24, 2.45) is 0 Å². The van der Waals surface area contributed by atoms with Crippen LogP contribution in [0.3, 0.4) is 0 Å². The maximum Gasteiger partial charge on any atom is 0.125 e. The van der Waals surface area contributed by atoms with Crippen LogP contribution in [0.2, 0.25) is 0 Å². The highest BCUT2D eigenvalue weighted by Gasteiger charge is 2.01. The summed E-state index contributed by atoms with van der Waals surface area (Å²) in [4.78, 5) is 4.87. The van der Waals surface area contributed by atoms with Gasteiger partial charge in [-0.25, -0.2) is 9.37 Å². The van der Waals surface area contributed by atoms with Crippen LogP contribution in [-0.2, 0) is 6.54 Å². The number of nitrogens with zero attached hydrogens (tertiary/aromatic N) is 2. The molecule has 0 atom stereocenters. The molecule has 16 heavy (non-hydrogen) atoms. The molecule has 0 aliphatic carbocycles. The quantitative estimate of drug-likeness (QED) is 0.656. The highest BCUT2D eigenvalue weighted by atomic mass is 32.2. The SMILES string of the molecule is Nc1cc(F)ccc1SCCn1ccnc1. The minimum absolute atomic E-state index is 0.295. The predicted molar refractivity (Wildman–Crippen MR) is 63.8 cm³/mol. The summed E-state index contributed by atoms with van der Waals surface area (Å²) in [7, 11) is 0. The second kappa shape index (κ2) is 5.03. The molecule has 5 heteroatoms. The second-order valence-electron chi connectivity index (χ2n) is 3.33. The molecule has 0 saturated heterocycles. The van der Waals surface area contributed by atoms with E-state index in [-0.39, 0.29) is 5.82 Å². The van der Waals surface area contributed by atoms with Gasteiger partial charge in [0, 0.05) is 35.3 Å². The molecule has 1 aromatic carbocycles. The van der Waals surface area contributed by atoms with Crippen molar-refractivity contribution in [2.75, 3.05) is 11.5 Å². The topological polar surface area (TPSA) is 43.8 Å². The molecule has 0 radical (unpaired) electrons. The van der Waals surface area contributed by atoms with Gasteiger partial charge in [0.1, 0.15) is 5.82 Å². The van der Waals surface area contributed by atoms with E-state index in [0.29, 0.717) is 5.69 Å². The molecular formula is C11H12FN3S. The van der Waals surface area contributed by atoms with Gasteiger partial charge >= 0.3 is 0 Å². The molecule has 1 heterocycles. The van der Waals surface area contributed by atoms with Crippen molar-refractivity contribution < 1.29 is 4.39 Å². The number of nitrogens with two attached hydrogens (primary N) is 1. The fraction of sp³-hybridized carbons (Fsp3) is 0.182. The summed E-state index contributed by atoms with van der Waals surface area (Å²) >= 11 is 1.61. The number of anilines is 1. The Labute approximate surface area is 97.5 Å². The average Bonchev–Trinajstić information content (AvgIpc) is 2.74. The van der Waals surface area contributed by atoms with Crippen molar-refractivity contribution in [3.63, 3.8) is 0 Å². The number of aryl methyl sites for hydroxylation is 1. The van der Waals surface area contributed by atoms with Crippen LogP contribution < -0.4 is 5.73 Å². The second-order valence-corrected chi connectivity index (χ2v) is 4.47. The zero-order valence-corrected chi connectivity index (χ0v) is 9.45. The molecule has 2 aromatic rings. The summed E-state index contributed by atoms with van der Waals surface area (Å²) in [5, 5.41) is 0. The normalized spacial score (nSPS) is 10.6. The van der Waals surface area contributed by atoms with Gasteiger partial charge in [-0.15, -0.1) is 11.8 Å². The minimum atomic E-state index is -0.295. The maximum absolute atomic E-state index is 12.8. The Morgan fingerprint density at radius 1 is 1.44 bits per heavy atom. The van der Waals surface area contributed by atoms with Crippen molar-refractivity contribution in [1.29, 1.82) is 0 Å². The first-order valence-electron chi connectivity index (χ1n) is 4.89. The third kappa shape index (κ3) is 2.76. The van der Waals surface area contributed by atoms with Gasteiger partial charge < -0.3 is 10.3 Å². The van der Waals surface area contributed by atoms with Crippen molar-refractivity contribution in [3.8, 4) is 0 Å². The van der Waals surface area contributed by atoms with E-state index < -0.39 is 0 Å². The van der Waals surface area contributed by atoms with Crippen molar-refractivity contribution in [2.45, 2.75) is 11.4 Å². The van der Waals surface area contributed by atoms with E-state index in [1.165, 1.54) is 12.1 Å². The van der Waals surface area contributed by atoms with Gasteiger partial charge in [0.05, 0.1) is 6.33 Å². The third-order valence-corrected chi connectivity index (χ3v) is 3.21. The Kier molecular flexibility index (Phi) is 3.46. The molecular weight excluding hydrogens is 225 g/mol. The number of hydrogen-bond donors (Lipinski definition) is 1. The highest BCUT2D eigenvalue weighted by Crippen LogP contribution is 2.25. The molecule has 1 aromatic heterocycles. The molecule has 0 unspecified atom stereocenters. The molecule has 3 nitrogen and oxygen atoms in total. The lowest BCUT2D eigenvalue weighted by atomic mass is 10.3. The molecule has 0 amide bonds. The van der Waals surface area contributed by atoms with Gasteiger partial charge in [-0.1, -0.05) is 0 Å². The Hall–Kier alpha value is -1.49. The average molecular weight is 237 g/mol. The summed E-state index contributed by atoms with van der Waals surface area (Å²) in [5.74, 6) is 0.586. The Morgan fingerprint density at radius 2 is 2.31 bits per heavy atom. The number of nitrogen functional groups attached to an aromatic ring is 1. The van der Waals surface area contributed by atoms with Gasteiger partial charge in [0.15, 0.2) is 0 Å². The van der Waals surface area contributed by atoms with Crippen LogP contribution in [0.25, 0.3) is 0 Å². The fourth-order valence-corrected chi connectivity index (χ4v) is 2.24. The zero-order chi connectivity index (χ0) is 11.4. The van der Waals surface area contributed by atoms with Crippen molar-refractivity contribution >= 4 is 17.4 Å². The first-order chi connectivity index (χ1) is 7.75. The summed E-state index contributed by atoms with van der Waals surface area (Å²) in [6.07, 6.45) is 5.43. The lowest BCUT2D eigenvalue weighted by molar-refractivity contribution is 0.627. The van der Waals surface area contributed by atoms with E-state index in [0.717, 1.165) is 17.2 Å².